The van der Waals surface area contributed by atoms with E-state index in [-0.39, 0.29) is 39.7 Å². The van der Waals surface area contributed by atoms with Gasteiger partial charge in [-0.15, -0.1) is 0 Å². The van der Waals surface area contributed by atoms with Gasteiger partial charge in [0.25, 0.3) is 0 Å². The molecule has 2 N–H and O–H groups in total. The third-order valence-corrected chi connectivity index (χ3v) is 9.17. The third kappa shape index (κ3) is 6.46. The molecule has 3 atom stereocenters. The molecule has 2 aliphatic rings. The molecule has 8 heteroatoms. The van der Waals surface area contributed by atoms with E-state index < -0.39 is 46.8 Å². The average Bonchev–Trinajstić information content (AvgIpc) is 3.02. The number of aromatic hydroxyl groups is 1. The van der Waals surface area contributed by atoms with Gasteiger partial charge >= 0.3 is 0 Å². The number of hydrogen-bond acceptors (Lipinski definition) is 2. The molecule has 0 fully saturated rings. The number of phenolic OH excluding ortho intramolecular Hbond substituents is 1. The van der Waals surface area contributed by atoms with Crippen molar-refractivity contribution in [2.24, 2.45) is 5.92 Å². The Kier molecular flexibility index (Phi) is 9.88. The van der Waals surface area contributed by atoms with Crippen molar-refractivity contribution in [3.63, 3.8) is 0 Å². The fourth-order valence-electron chi connectivity index (χ4n) is 6.51. The molecule has 0 radical (unpaired) electrons. The highest BCUT2D eigenvalue weighted by molar-refractivity contribution is 5.68. The minimum absolute atomic E-state index is 0.0338. The maximum absolute atomic E-state index is 15.2. The van der Waals surface area contributed by atoms with Crippen molar-refractivity contribution in [1.82, 2.24) is 0 Å². The molecule has 0 saturated carbocycles. The zero-order chi connectivity index (χ0) is 31.5. The zero-order valence-electron chi connectivity index (χ0n) is 24.6. The number of phenols is 1. The first-order valence-electron chi connectivity index (χ1n) is 15.3. The van der Waals surface area contributed by atoms with Gasteiger partial charge in [-0.2, -0.15) is 4.39 Å². The number of aliphatic hydroxyl groups excluding tert-OH is 1. The minimum atomic E-state index is -1.31. The largest absolute Gasteiger partial charge is 0.505 e. The summed E-state index contributed by atoms with van der Waals surface area (Å²) in [6, 6.07) is 8.59. The van der Waals surface area contributed by atoms with Gasteiger partial charge in [0.05, 0.1) is 6.10 Å². The van der Waals surface area contributed by atoms with Gasteiger partial charge in [0.2, 0.25) is 5.82 Å². The van der Waals surface area contributed by atoms with Gasteiger partial charge in [0.1, 0.15) is 0 Å². The Labute approximate surface area is 253 Å². The van der Waals surface area contributed by atoms with E-state index in [9.17, 15) is 27.8 Å². The summed E-state index contributed by atoms with van der Waals surface area (Å²) >= 11 is 0. The lowest BCUT2D eigenvalue weighted by atomic mass is 9.81. The maximum Gasteiger partial charge on any atom is 0.200 e. The Morgan fingerprint density at radius 2 is 1.39 bits per heavy atom. The number of aryl methyl sites for hydroxylation is 1. The molecule has 0 bridgehead atoms. The summed E-state index contributed by atoms with van der Waals surface area (Å²) in [6.07, 6.45) is 7.48. The van der Waals surface area contributed by atoms with Crippen LogP contribution in [0.2, 0.25) is 0 Å². The second-order valence-corrected chi connectivity index (χ2v) is 11.9. The number of benzene rings is 3. The molecule has 0 aromatic heterocycles. The quantitative estimate of drug-likeness (QED) is 0.236. The lowest BCUT2D eigenvalue weighted by Gasteiger charge is -2.24. The fraction of sp³-hybridized carbons (Fsp3) is 0.389. The summed E-state index contributed by atoms with van der Waals surface area (Å²) in [6.45, 7) is 1.86. The lowest BCUT2D eigenvalue weighted by Crippen LogP contribution is -2.11. The molecule has 0 saturated heterocycles. The third-order valence-electron chi connectivity index (χ3n) is 9.17. The van der Waals surface area contributed by atoms with Gasteiger partial charge in [0, 0.05) is 16.7 Å². The number of halogens is 6. The predicted molar refractivity (Wildman–Crippen MR) is 159 cm³/mol. The first-order chi connectivity index (χ1) is 21.1. The van der Waals surface area contributed by atoms with Crippen LogP contribution in [0.5, 0.6) is 5.75 Å². The van der Waals surface area contributed by atoms with E-state index in [1.165, 1.54) is 18.2 Å². The summed E-state index contributed by atoms with van der Waals surface area (Å²) in [5, 5.41) is 19.5. The van der Waals surface area contributed by atoms with E-state index >= 15 is 8.78 Å². The fourth-order valence-corrected chi connectivity index (χ4v) is 6.51. The molecule has 234 valence electrons. The van der Waals surface area contributed by atoms with Crippen molar-refractivity contribution in [3.8, 4) is 5.75 Å². The van der Waals surface area contributed by atoms with Crippen molar-refractivity contribution in [1.29, 1.82) is 0 Å². The van der Waals surface area contributed by atoms with Crippen LogP contribution in [0.15, 0.2) is 48.6 Å². The van der Waals surface area contributed by atoms with Crippen LogP contribution in [0.1, 0.15) is 105 Å². The Morgan fingerprint density at radius 1 is 0.727 bits per heavy atom. The van der Waals surface area contributed by atoms with Crippen LogP contribution in [0.25, 0.3) is 11.1 Å². The number of allylic oxidation sites excluding steroid dienone is 4. The van der Waals surface area contributed by atoms with E-state index in [4.69, 9.17) is 0 Å². The summed E-state index contributed by atoms with van der Waals surface area (Å²) in [5.41, 5.74) is 2.03. The van der Waals surface area contributed by atoms with Crippen LogP contribution in [-0.4, -0.2) is 10.2 Å². The van der Waals surface area contributed by atoms with Gasteiger partial charge < -0.3 is 10.2 Å². The van der Waals surface area contributed by atoms with Crippen LogP contribution in [-0.2, 0) is 6.42 Å². The lowest BCUT2D eigenvalue weighted by molar-refractivity contribution is 0.160. The van der Waals surface area contributed by atoms with Crippen molar-refractivity contribution in [2.75, 3.05) is 0 Å². The van der Waals surface area contributed by atoms with E-state index in [1.807, 2.05) is 13.0 Å². The Hall–Kier alpha value is -3.52. The summed E-state index contributed by atoms with van der Waals surface area (Å²) in [7, 11) is 0. The molecule has 3 unspecified atom stereocenters. The highest BCUT2D eigenvalue weighted by Crippen LogP contribution is 2.40. The van der Waals surface area contributed by atoms with Gasteiger partial charge in [-0.3, -0.25) is 0 Å². The van der Waals surface area contributed by atoms with Gasteiger partial charge in [-0.05, 0) is 104 Å². The number of rotatable bonds is 9. The maximum atomic E-state index is 15.2. The first kappa shape index (κ1) is 31.9. The average molecular weight is 615 g/mol. The SMILES string of the molecule is CCCC(O)c1ccc(C2=CCC(CCc3ccc(C4CC=C(c5ccc(O)c(F)c5F)CC4)c(F)c3F)CC2)c(F)c1F. The van der Waals surface area contributed by atoms with E-state index in [1.54, 1.807) is 18.2 Å². The summed E-state index contributed by atoms with van der Waals surface area (Å²) < 4.78 is 87.9. The predicted octanol–water partition coefficient (Wildman–Crippen LogP) is 10.2. The molecule has 44 heavy (non-hydrogen) atoms. The molecule has 3 aromatic carbocycles. The van der Waals surface area contributed by atoms with E-state index in [0.717, 1.165) is 6.07 Å². The van der Waals surface area contributed by atoms with Crippen LogP contribution in [0.4, 0.5) is 26.3 Å². The molecule has 0 spiro atoms. The molecule has 0 heterocycles. The molecule has 2 nitrogen and oxygen atoms in total. The molecular weight excluding hydrogens is 578 g/mol. The minimum Gasteiger partial charge on any atom is -0.505 e. The standard InChI is InChI=1S/C36H36F6O2/c1-2-3-29(43)28-17-16-26(33(39)35(28)41)21-7-4-20(5-8-21)6-9-24-14-15-25(32(38)31(24)37)22-10-12-23(13-11-22)27-18-19-30(44)36(42)34(27)40/h7,12,14-20,22,29,43-44H,2-6,8-11,13H2,1H3. The first-order valence-corrected chi connectivity index (χ1v) is 15.3. The van der Waals surface area contributed by atoms with Crippen LogP contribution >= 0.6 is 0 Å². The van der Waals surface area contributed by atoms with Gasteiger partial charge in [0.15, 0.2) is 34.8 Å². The molecular formula is C36H36F6O2. The van der Waals surface area contributed by atoms with Crippen LogP contribution in [0.3, 0.4) is 0 Å². The van der Waals surface area contributed by atoms with Gasteiger partial charge in [-0.1, -0.05) is 49.8 Å². The molecule has 0 aliphatic heterocycles. The van der Waals surface area contributed by atoms with E-state index in [2.05, 4.69) is 0 Å². The van der Waals surface area contributed by atoms with Crippen molar-refractivity contribution >= 4 is 11.1 Å². The zero-order valence-corrected chi connectivity index (χ0v) is 24.6. The molecule has 2 aliphatic carbocycles. The number of aliphatic hydroxyl groups is 1. The Morgan fingerprint density at radius 3 is 2.02 bits per heavy atom. The van der Waals surface area contributed by atoms with E-state index in [0.29, 0.717) is 75.4 Å². The van der Waals surface area contributed by atoms with Crippen molar-refractivity contribution in [2.45, 2.75) is 83.2 Å². The second kappa shape index (κ2) is 13.6. The highest BCUT2D eigenvalue weighted by atomic mass is 19.2. The smallest absolute Gasteiger partial charge is 0.200 e. The van der Waals surface area contributed by atoms with Crippen molar-refractivity contribution in [3.05, 3.63) is 111 Å². The number of hydrogen-bond donors (Lipinski definition) is 2. The Balaban J connectivity index is 1.20. The molecule has 3 aromatic rings. The summed E-state index contributed by atoms with van der Waals surface area (Å²) in [5.74, 6) is -7.04. The topological polar surface area (TPSA) is 40.5 Å². The normalized spacial score (nSPS) is 19.5. The molecule has 5 rings (SSSR count). The van der Waals surface area contributed by atoms with Gasteiger partial charge in [-0.25, -0.2) is 22.0 Å². The Bertz CT molecular complexity index is 1590. The van der Waals surface area contributed by atoms with Crippen LogP contribution < -0.4 is 0 Å². The summed E-state index contributed by atoms with van der Waals surface area (Å²) in [4.78, 5) is 0. The van der Waals surface area contributed by atoms with Crippen LogP contribution in [0, 0.1) is 40.8 Å². The second-order valence-electron chi connectivity index (χ2n) is 11.9. The highest BCUT2D eigenvalue weighted by Gasteiger charge is 2.26. The monoisotopic (exact) mass is 614 g/mol. The van der Waals surface area contributed by atoms with Crippen molar-refractivity contribution < 1.29 is 36.6 Å². The molecule has 0 amide bonds.